The van der Waals surface area contributed by atoms with Gasteiger partial charge in [0.05, 0.1) is 0 Å². The van der Waals surface area contributed by atoms with Crippen LogP contribution in [0.4, 0.5) is 0 Å². The fraction of sp³-hybridized carbons (Fsp3) is 0.833. The number of amides is 1. The van der Waals surface area contributed by atoms with Crippen molar-refractivity contribution in [1.29, 1.82) is 0 Å². The quantitative estimate of drug-likeness (QED) is 0.617. The third-order valence-electron chi connectivity index (χ3n) is 2.98. The molecule has 0 saturated heterocycles. The van der Waals surface area contributed by atoms with E-state index in [1.807, 2.05) is 6.92 Å². The first-order valence-electron chi connectivity index (χ1n) is 6.52. The summed E-state index contributed by atoms with van der Waals surface area (Å²) >= 11 is 0. The summed E-state index contributed by atoms with van der Waals surface area (Å²) in [6.07, 6.45) is 2.69. The van der Waals surface area contributed by atoms with E-state index in [2.05, 4.69) is 5.32 Å². The Morgan fingerprint density at radius 3 is 2.21 bits per heavy atom. The molecule has 0 aromatic carbocycles. The molecule has 7 heteroatoms. The number of sulfone groups is 1. The summed E-state index contributed by atoms with van der Waals surface area (Å²) in [4.78, 5) is 22.6. The molecule has 2 atom stereocenters. The maximum atomic E-state index is 12.0. The number of carboxylic acid groups (broad SMARTS) is 1. The maximum Gasteiger partial charge on any atom is 0.321 e. The van der Waals surface area contributed by atoms with Crippen molar-refractivity contribution in [3.8, 4) is 0 Å². The van der Waals surface area contributed by atoms with Crippen LogP contribution in [0.2, 0.25) is 0 Å². The number of rotatable bonds is 9. The number of nitrogens with one attached hydrogen (secondary N) is 1. The van der Waals surface area contributed by atoms with Gasteiger partial charge in [0.25, 0.3) is 0 Å². The van der Waals surface area contributed by atoms with Gasteiger partial charge in [-0.05, 0) is 19.8 Å². The van der Waals surface area contributed by atoms with Crippen LogP contribution in [0.25, 0.3) is 0 Å². The molecular formula is C12H23NO5S. The first-order valence-corrected chi connectivity index (χ1v) is 8.13. The topological polar surface area (TPSA) is 101 Å². The number of aliphatic carboxylic acids is 1. The van der Waals surface area contributed by atoms with Crippen LogP contribution in [0.5, 0.6) is 0 Å². The zero-order chi connectivity index (χ0) is 15.1. The lowest BCUT2D eigenvalue weighted by atomic mass is 10.2. The summed E-state index contributed by atoms with van der Waals surface area (Å²) in [6.45, 7) is 5.14. The van der Waals surface area contributed by atoms with Gasteiger partial charge >= 0.3 is 5.97 Å². The first kappa shape index (κ1) is 17.9. The van der Waals surface area contributed by atoms with E-state index in [1.54, 1.807) is 0 Å². The van der Waals surface area contributed by atoms with Gasteiger partial charge in [-0.25, -0.2) is 8.42 Å². The minimum absolute atomic E-state index is 0.0505. The molecule has 1 amide bonds. The lowest BCUT2D eigenvalue weighted by Gasteiger charge is -2.17. The number of hydrogen-bond acceptors (Lipinski definition) is 4. The smallest absolute Gasteiger partial charge is 0.321 e. The van der Waals surface area contributed by atoms with Gasteiger partial charge < -0.3 is 10.4 Å². The normalized spacial score (nSPS) is 14.7. The van der Waals surface area contributed by atoms with Gasteiger partial charge in [0.15, 0.2) is 15.1 Å². The molecule has 2 N–H and O–H groups in total. The average Bonchev–Trinajstić information content (AvgIpc) is 2.33. The monoisotopic (exact) mass is 293 g/mol. The Balaban J connectivity index is 4.65. The summed E-state index contributed by atoms with van der Waals surface area (Å²) in [5.41, 5.74) is 0. The van der Waals surface area contributed by atoms with Gasteiger partial charge in [0.1, 0.15) is 5.25 Å². The van der Waals surface area contributed by atoms with Crippen molar-refractivity contribution in [3.05, 3.63) is 0 Å². The Kier molecular flexibility index (Phi) is 7.66. The predicted octanol–water partition coefficient (Wildman–Crippen LogP) is 0.959. The highest BCUT2D eigenvalue weighted by atomic mass is 32.2. The van der Waals surface area contributed by atoms with E-state index in [0.717, 1.165) is 19.3 Å². The van der Waals surface area contributed by atoms with Gasteiger partial charge in [0, 0.05) is 6.54 Å². The summed E-state index contributed by atoms with van der Waals surface area (Å²) in [6, 6.07) is 0. The van der Waals surface area contributed by atoms with Gasteiger partial charge in [-0.2, -0.15) is 0 Å². The SMILES string of the molecule is CCCCCNC(=O)C(C)S(=O)(=O)C(CC)C(=O)O. The molecule has 0 spiro atoms. The van der Waals surface area contributed by atoms with Crippen LogP contribution < -0.4 is 5.32 Å². The molecule has 112 valence electrons. The van der Waals surface area contributed by atoms with E-state index in [4.69, 9.17) is 5.11 Å². The molecule has 6 nitrogen and oxygen atoms in total. The van der Waals surface area contributed by atoms with E-state index >= 15 is 0 Å². The highest BCUT2D eigenvalue weighted by Crippen LogP contribution is 2.13. The number of carbonyl (C=O) groups is 2. The fourth-order valence-electron chi connectivity index (χ4n) is 1.67. The van der Waals surface area contributed by atoms with Crippen molar-refractivity contribution in [2.75, 3.05) is 6.54 Å². The molecule has 19 heavy (non-hydrogen) atoms. The number of carboxylic acids is 1. The van der Waals surface area contributed by atoms with Gasteiger partial charge in [-0.1, -0.05) is 26.7 Å². The highest BCUT2D eigenvalue weighted by Gasteiger charge is 2.38. The minimum atomic E-state index is -4.00. The largest absolute Gasteiger partial charge is 0.480 e. The second kappa shape index (κ2) is 8.14. The van der Waals surface area contributed by atoms with Gasteiger partial charge in [-0.15, -0.1) is 0 Å². The molecule has 0 bridgehead atoms. The summed E-state index contributed by atoms with van der Waals surface area (Å²) in [5.74, 6) is -2.04. The molecule has 0 fully saturated rings. The maximum absolute atomic E-state index is 12.0. The van der Waals surface area contributed by atoms with Crippen molar-refractivity contribution in [1.82, 2.24) is 5.32 Å². The summed E-state index contributed by atoms with van der Waals surface area (Å²) < 4.78 is 24.0. The van der Waals surface area contributed by atoms with E-state index in [0.29, 0.717) is 6.54 Å². The van der Waals surface area contributed by atoms with Gasteiger partial charge in [-0.3, -0.25) is 9.59 Å². The van der Waals surface area contributed by atoms with Crippen molar-refractivity contribution in [3.63, 3.8) is 0 Å². The van der Waals surface area contributed by atoms with Crippen molar-refractivity contribution in [2.24, 2.45) is 0 Å². The molecule has 0 aromatic heterocycles. The van der Waals surface area contributed by atoms with E-state index in [9.17, 15) is 18.0 Å². The average molecular weight is 293 g/mol. The lowest BCUT2D eigenvalue weighted by Crippen LogP contribution is -2.44. The minimum Gasteiger partial charge on any atom is -0.480 e. The Hall–Kier alpha value is -1.11. The fourth-order valence-corrected chi connectivity index (χ4v) is 3.29. The zero-order valence-electron chi connectivity index (χ0n) is 11.7. The van der Waals surface area contributed by atoms with Crippen LogP contribution in [-0.4, -0.2) is 42.4 Å². The summed E-state index contributed by atoms with van der Waals surface area (Å²) in [7, 11) is -4.00. The molecule has 0 radical (unpaired) electrons. The van der Waals surface area contributed by atoms with Crippen LogP contribution >= 0.6 is 0 Å². The number of hydrogen-bond donors (Lipinski definition) is 2. The molecule has 0 saturated carbocycles. The summed E-state index contributed by atoms with van der Waals surface area (Å²) in [5, 5.41) is 8.54. The molecule has 0 aliphatic rings. The Morgan fingerprint density at radius 1 is 1.21 bits per heavy atom. The first-order chi connectivity index (χ1) is 8.78. The van der Waals surface area contributed by atoms with Crippen molar-refractivity contribution in [2.45, 2.75) is 57.0 Å². The predicted molar refractivity (Wildman–Crippen MR) is 72.6 cm³/mol. The third kappa shape index (κ3) is 5.18. The Labute approximate surface area is 114 Å². The lowest BCUT2D eigenvalue weighted by molar-refractivity contribution is -0.136. The van der Waals surface area contributed by atoms with E-state index in [1.165, 1.54) is 13.8 Å². The number of carbonyl (C=O) groups excluding carboxylic acids is 1. The van der Waals surface area contributed by atoms with Crippen molar-refractivity contribution >= 4 is 21.7 Å². The molecular weight excluding hydrogens is 270 g/mol. The third-order valence-corrected chi connectivity index (χ3v) is 5.51. The molecule has 0 aromatic rings. The number of unbranched alkanes of at least 4 members (excludes halogenated alkanes) is 2. The molecule has 0 rings (SSSR count). The van der Waals surface area contributed by atoms with Crippen molar-refractivity contribution < 1.29 is 23.1 Å². The van der Waals surface area contributed by atoms with Gasteiger partial charge in [0.2, 0.25) is 5.91 Å². The molecule has 2 unspecified atom stereocenters. The van der Waals surface area contributed by atoms with Crippen LogP contribution in [-0.2, 0) is 19.4 Å². The van der Waals surface area contributed by atoms with E-state index in [-0.39, 0.29) is 6.42 Å². The molecule has 0 aliphatic heterocycles. The van der Waals surface area contributed by atoms with E-state index < -0.39 is 32.2 Å². The Bertz CT molecular complexity index is 404. The highest BCUT2D eigenvalue weighted by molar-refractivity contribution is 7.94. The second-order valence-corrected chi connectivity index (χ2v) is 6.92. The second-order valence-electron chi connectivity index (χ2n) is 4.46. The molecule has 0 aliphatic carbocycles. The van der Waals surface area contributed by atoms with Crippen LogP contribution in [0, 0.1) is 0 Å². The Morgan fingerprint density at radius 2 is 1.79 bits per heavy atom. The standard InChI is InChI=1S/C12H23NO5S/c1-4-6-7-8-13-11(14)9(3)19(17,18)10(5-2)12(15)16/h9-10H,4-8H2,1-3H3,(H,13,14)(H,15,16). The molecule has 0 heterocycles. The van der Waals surface area contributed by atoms with Crippen LogP contribution in [0.1, 0.15) is 46.5 Å². The van der Waals surface area contributed by atoms with Crippen LogP contribution in [0.3, 0.4) is 0 Å². The van der Waals surface area contributed by atoms with Crippen LogP contribution in [0.15, 0.2) is 0 Å². The zero-order valence-corrected chi connectivity index (χ0v) is 12.5.